The lowest BCUT2D eigenvalue weighted by Crippen LogP contribution is -2.46. The smallest absolute Gasteiger partial charge is 0.190 e. The molecule has 0 saturated heterocycles. The summed E-state index contributed by atoms with van der Waals surface area (Å²) in [5.74, 6) is -0.574. The lowest BCUT2D eigenvalue weighted by molar-refractivity contribution is -0.123. The third-order valence-corrected chi connectivity index (χ3v) is 7.09. The molecule has 4 nitrogen and oxygen atoms in total. The molecule has 3 rings (SSSR count). The Bertz CT molecular complexity index is 831. The van der Waals surface area contributed by atoms with E-state index in [0.717, 1.165) is 10.0 Å². The van der Waals surface area contributed by atoms with Crippen molar-refractivity contribution in [3.8, 4) is 0 Å². The van der Waals surface area contributed by atoms with Gasteiger partial charge < -0.3 is 5.11 Å². The summed E-state index contributed by atoms with van der Waals surface area (Å²) in [5.41, 5.74) is 0.949. The van der Waals surface area contributed by atoms with E-state index < -0.39 is 27.0 Å². The molecule has 0 aliphatic heterocycles. The summed E-state index contributed by atoms with van der Waals surface area (Å²) in [4.78, 5) is 12.6. The van der Waals surface area contributed by atoms with Gasteiger partial charge in [-0.3, -0.25) is 4.79 Å². The molecule has 0 spiro atoms. The van der Waals surface area contributed by atoms with Gasteiger partial charge in [-0.2, -0.15) is 0 Å². The number of aliphatic hydroxyl groups excluding tert-OH is 1. The summed E-state index contributed by atoms with van der Waals surface area (Å²) in [6, 6.07) is 15.5. The van der Waals surface area contributed by atoms with Crippen molar-refractivity contribution in [2.24, 2.45) is 0 Å². The van der Waals surface area contributed by atoms with Crippen LogP contribution in [0.25, 0.3) is 0 Å². The van der Waals surface area contributed by atoms with E-state index in [4.69, 9.17) is 0 Å². The van der Waals surface area contributed by atoms with Crippen LogP contribution in [0, 0.1) is 0 Å². The van der Waals surface area contributed by atoms with Crippen LogP contribution in [0.5, 0.6) is 0 Å². The van der Waals surface area contributed by atoms with Gasteiger partial charge in [-0.25, -0.2) is 8.42 Å². The van der Waals surface area contributed by atoms with Crippen molar-refractivity contribution in [2.45, 2.75) is 35.0 Å². The number of hydrogen-bond donors (Lipinski definition) is 1. The van der Waals surface area contributed by atoms with Gasteiger partial charge in [-0.15, -0.1) is 0 Å². The van der Waals surface area contributed by atoms with Crippen LogP contribution in [0.1, 0.15) is 24.3 Å². The zero-order valence-corrected chi connectivity index (χ0v) is 15.2. The molecule has 126 valence electrons. The second-order valence-corrected chi connectivity index (χ2v) is 8.99. The molecular weight excluding hydrogens is 392 g/mol. The first kappa shape index (κ1) is 17.3. The molecule has 0 aromatic heterocycles. The maximum absolute atomic E-state index is 12.8. The lowest BCUT2D eigenvalue weighted by atomic mass is 9.81. The number of benzene rings is 2. The average Bonchev–Trinajstić information content (AvgIpc) is 2.55. The predicted octanol–water partition coefficient (Wildman–Crippen LogP) is 3.10. The molecular formula is C18H17BrO4S. The molecule has 24 heavy (non-hydrogen) atoms. The fraction of sp³-hybridized carbons (Fsp3) is 0.278. The molecule has 0 radical (unpaired) electrons. The van der Waals surface area contributed by atoms with Crippen LogP contribution in [0.2, 0.25) is 0 Å². The van der Waals surface area contributed by atoms with E-state index >= 15 is 0 Å². The van der Waals surface area contributed by atoms with Crippen molar-refractivity contribution in [3.63, 3.8) is 0 Å². The summed E-state index contributed by atoms with van der Waals surface area (Å²) in [6.07, 6.45) is -0.817. The molecule has 1 aliphatic rings. The quantitative estimate of drug-likeness (QED) is 0.846. The van der Waals surface area contributed by atoms with Gasteiger partial charge in [-0.1, -0.05) is 46.3 Å². The number of ketones is 1. The van der Waals surface area contributed by atoms with E-state index in [1.54, 1.807) is 12.1 Å². The molecule has 3 atom stereocenters. The van der Waals surface area contributed by atoms with E-state index in [1.165, 1.54) is 12.1 Å². The Balaban J connectivity index is 1.88. The van der Waals surface area contributed by atoms with E-state index in [9.17, 15) is 18.3 Å². The number of carbonyl (C=O) groups excluding carboxylic acids is 1. The zero-order chi connectivity index (χ0) is 17.3. The van der Waals surface area contributed by atoms with Crippen LogP contribution in [0.15, 0.2) is 64.0 Å². The van der Waals surface area contributed by atoms with Crippen molar-refractivity contribution < 1.29 is 18.3 Å². The molecule has 2 aromatic rings. The SMILES string of the molecule is O=C1CC(c2ccccc2)CC(O)C1S(=O)(=O)c1ccc(Br)cc1. The minimum atomic E-state index is -3.90. The number of sulfone groups is 1. The average molecular weight is 409 g/mol. The minimum Gasteiger partial charge on any atom is -0.391 e. The third-order valence-electron chi connectivity index (χ3n) is 4.39. The fourth-order valence-electron chi connectivity index (χ4n) is 3.20. The standard InChI is InChI=1S/C18H17BrO4S/c19-14-6-8-15(9-7-14)24(22,23)18-16(20)10-13(11-17(18)21)12-4-2-1-3-5-12/h1-9,13,16,18,20H,10-11H2. The normalized spacial score (nSPS) is 24.8. The van der Waals surface area contributed by atoms with Gasteiger partial charge in [0, 0.05) is 10.9 Å². The highest BCUT2D eigenvalue weighted by Crippen LogP contribution is 2.35. The first-order valence-corrected chi connectivity index (χ1v) is 9.98. The van der Waals surface area contributed by atoms with Gasteiger partial charge in [0.2, 0.25) is 0 Å². The Labute approximate surface area is 149 Å². The number of rotatable bonds is 3. The number of halogens is 1. The van der Waals surface area contributed by atoms with Gasteiger partial charge in [0.1, 0.15) is 5.25 Å². The van der Waals surface area contributed by atoms with Crippen LogP contribution >= 0.6 is 15.9 Å². The largest absolute Gasteiger partial charge is 0.391 e. The Hall–Kier alpha value is -1.50. The monoisotopic (exact) mass is 408 g/mol. The van der Waals surface area contributed by atoms with Crippen LogP contribution in [0.4, 0.5) is 0 Å². The van der Waals surface area contributed by atoms with Crippen molar-refractivity contribution in [2.75, 3.05) is 0 Å². The van der Waals surface area contributed by atoms with Gasteiger partial charge >= 0.3 is 0 Å². The molecule has 6 heteroatoms. The molecule has 1 saturated carbocycles. The van der Waals surface area contributed by atoms with Crippen LogP contribution < -0.4 is 0 Å². The number of aliphatic hydroxyl groups is 1. The maximum Gasteiger partial charge on any atom is 0.190 e. The van der Waals surface area contributed by atoms with Crippen molar-refractivity contribution in [1.82, 2.24) is 0 Å². The number of Topliss-reactive ketones (excluding diaryl/α,β-unsaturated/α-hetero) is 1. The Morgan fingerprint density at radius 2 is 1.62 bits per heavy atom. The van der Waals surface area contributed by atoms with Crippen molar-refractivity contribution in [1.29, 1.82) is 0 Å². The fourth-order valence-corrected chi connectivity index (χ4v) is 5.24. The summed E-state index contributed by atoms with van der Waals surface area (Å²) in [6.45, 7) is 0. The van der Waals surface area contributed by atoms with Crippen LogP contribution in [0.3, 0.4) is 0 Å². The topological polar surface area (TPSA) is 71.4 Å². The number of hydrogen-bond acceptors (Lipinski definition) is 4. The Kier molecular flexibility index (Phi) is 4.90. The molecule has 1 N–H and O–H groups in total. The van der Waals surface area contributed by atoms with Gasteiger partial charge in [0.15, 0.2) is 15.6 Å². The molecule has 0 bridgehead atoms. The predicted molar refractivity (Wildman–Crippen MR) is 94.5 cm³/mol. The summed E-state index contributed by atoms with van der Waals surface area (Å²) in [5, 5.41) is 9.02. The van der Waals surface area contributed by atoms with Crippen LogP contribution in [-0.4, -0.2) is 30.7 Å². The highest BCUT2D eigenvalue weighted by Gasteiger charge is 2.44. The second kappa shape index (κ2) is 6.78. The molecule has 1 aliphatic carbocycles. The Morgan fingerprint density at radius 3 is 2.21 bits per heavy atom. The number of carbonyl (C=O) groups is 1. The molecule has 0 heterocycles. The maximum atomic E-state index is 12.8. The van der Waals surface area contributed by atoms with Crippen LogP contribution in [-0.2, 0) is 14.6 Å². The first-order chi connectivity index (χ1) is 11.4. The third kappa shape index (κ3) is 3.31. The van der Waals surface area contributed by atoms with Gasteiger partial charge in [0.05, 0.1) is 11.0 Å². The highest BCUT2D eigenvalue weighted by molar-refractivity contribution is 9.10. The van der Waals surface area contributed by atoms with Gasteiger partial charge in [-0.05, 0) is 42.2 Å². The van der Waals surface area contributed by atoms with E-state index in [2.05, 4.69) is 15.9 Å². The van der Waals surface area contributed by atoms with E-state index in [-0.39, 0.29) is 23.7 Å². The van der Waals surface area contributed by atoms with Crippen molar-refractivity contribution in [3.05, 3.63) is 64.6 Å². The first-order valence-electron chi connectivity index (χ1n) is 7.65. The minimum absolute atomic E-state index is 0.0567. The van der Waals surface area contributed by atoms with E-state index in [1.807, 2.05) is 30.3 Å². The second-order valence-electron chi connectivity index (χ2n) is 6.00. The molecule has 1 fully saturated rings. The summed E-state index contributed by atoms with van der Waals surface area (Å²) >= 11 is 3.25. The summed E-state index contributed by atoms with van der Waals surface area (Å²) in [7, 11) is -3.90. The molecule has 3 unspecified atom stereocenters. The Morgan fingerprint density at radius 1 is 1.00 bits per heavy atom. The highest BCUT2D eigenvalue weighted by atomic mass is 79.9. The molecule has 2 aromatic carbocycles. The zero-order valence-electron chi connectivity index (χ0n) is 12.8. The van der Waals surface area contributed by atoms with Crippen molar-refractivity contribution >= 4 is 31.6 Å². The van der Waals surface area contributed by atoms with Gasteiger partial charge in [0.25, 0.3) is 0 Å². The summed E-state index contributed by atoms with van der Waals surface area (Å²) < 4.78 is 26.3. The molecule has 0 amide bonds. The van der Waals surface area contributed by atoms with E-state index in [0.29, 0.717) is 0 Å². The lowest BCUT2D eigenvalue weighted by Gasteiger charge is -2.32.